The summed E-state index contributed by atoms with van der Waals surface area (Å²) in [5, 5.41) is 3.87. The van der Waals surface area contributed by atoms with Gasteiger partial charge in [-0.25, -0.2) is 0 Å². The van der Waals surface area contributed by atoms with Crippen LogP contribution in [0.5, 0.6) is 0 Å². The number of aryl methyl sites for hydroxylation is 2. The summed E-state index contributed by atoms with van der Waals surface area (Å²) >= 11 is 0. The Hall–Kier alpha value is -1.25. The summed E-state index contributed by atoms with van der Waals surface area (Å²) in [4.78, 5) is 2.06. The predicted molar refractivity (Wildman–Crippen MR) is 49.4 cm³/mol. The highest BCUT2D eigenvalue weighted by molar-refractivity contribution is 5.52. The van der Waals surface area contributed by atoms with Gasteiger partial charge in [-0.2, -0.15) is 0 Å². The van der Waals surface area contributed by atoms with E-state index in [0.29, 0.717) is 0 Å². The van der Waals surface area contributed by atoms with E-state index in [1.165, 1.54) is 0 Å². The van der Waals surface area contributed by atoms with Crippen molar-refractivity contribution < 1.29 is 4.52 Å². The van der Waals surface area contributed by atoms with Crippen LogP contribution in [0.3, 0.4) is 0 Å². The molecule has 0 fully saturated rings. The molecule has 1 aromatic rings. The van der Waals surface area contributed by atoms with Crippen LogP contribution in [0, 0.1) is 13.8 Å². The smallest absolute Gasteiger partial charge is 0.157 e. The normalized spacial score (nSPS) is 9.92. The molecule has 1 rings (SSSR count). The third kappa shape index (κ3) is 1.49. The number of rotatable bonds is 3. The van der Waals surface area contributed by atoms with Crippen LogP contribution in [0.25, 0.3) is 0 Å². The summed E-state index contributed by atoms with van der Waals surface area (Å²) in [5.74, 6) is 0.858. The zero-order valence-corrected chi connectivity index (χ0v) is 7.79. The second-order valence-corrected chi connectivity index (χ2v) is 2.84. The third-order valence-corrected chi connectivity index (χ3v) is 1.78. The van der Waals surface area contributed by atoms with Gasteiger partial charge in [-0.1, -0.05) is 11.2 Å². The lowest BCUT2D eigenvalue weighted by Gasteiger charge is -2.15. The van der Waals surface area contributed by atoms with Gasteiger partial charge in [-0.15, -0.1) is 6.58 Å². The van der Waals surface area contributed by atoms with E-state index in [-0.39, 0.29) is 0 Å². The zero-order chi connectivity index (χ0) is 9.14. The molecular weight excluding hydrogens is 152 g/mol. The molecule has 0 saturated carbocycles. The molecule has 0 aliphatic rings. The molecule has 0 aromatic carbocycles. The molecule has 12 heavy (non-hydrogen) atoms. The lowest BCUT2D eigenvalue weighted by molar-refractivity contribution is 0.393. The summed E-state index contributed by atoms with van der Waals surface area (Å²) < 4.78 is 5.04. The zero-order valence-electron chi connectivity index (χ0n) is 7.79. The Labute approximate surface area is 72.7 Å². The summed E-state index contributed by atoms with van der Waals surface area (Å²) in [6, 6.07) is 0. The minimum absolute atomic E-state index is 0.808. The van der Waals surface area contributed by atoms with Gasteiger partial charge in [0.05, 0.1) is 0 Å². The molecule has 0 aliphatic carbocycles. The molecule has 0 bridgehead atoms. The Kier molecular flexibility index (Phi) is 2.53. The van der Waals surface area contributed by atoms with Crippen LogP contribution in [0.1, 0.15) is 11.5 Å². The summed E-state index contributed by atoms with van der Waals surface area (Å²) in [6.07, 6.45) is 1.85. The monoisotopic (exact) mass is 166 g/mol. The van der Waals surface area contributed by atoms with Gasteiger partial charge >= 0.3 is 0 Å². The molecule has 66 valence electrons. The van der Waals surface area contributed by atoms with E-state index in [9.17, 15) is 0 Å². The first kappa shape index (κ1) is 8.84. The Bertz CT molecular complexity index is 259. The first-order valence-electron chi connectivity index (χ1n) is 3.91. The highest BCUT2D eigenvalue weighted by atomic mass is 16.5. The number of aromatic nitrogens is 1. The number of hydrogen-bond donors (Lipinski definition) is 0. The Morgan fingerprint density at radius 3 is 2.67 bits per heavy atom. The van der Waals surface area contributed by atoms with Crippen LogP contribution < -0.4 is 4.90 Å². The van der Waals surface area contributed by atoms with E-state index < -0.39 is 0 Å². The van der Waals surface area contributed by atoms with E-state index in [2.05, 4.69) is 16.6 Å². The van der Waals surface area contributed by atoms with Crippen molar-refractivity contribution in [1.29, 1.82) is 0 Å². The molecule has 0 amide bonds. The molecule has 0 aliphatic heterocycles. The average molecular weight is 166 g/mol. The van der Waals surface area contributed by atoms with Crippen molar-refractivity contribution in [3.8, 4) is 0 Å². The van der Waals surface area contributed by atoms with Gasteiger partial charge in [0, 0.05) is 13.6 Å². The van der Waals surface area contributed by atoms with Crippen LogP contribution >= 0.6 is 0 Å². The molecule has 0 atom stereocenters. The second-order valence-electron chi connectivity index (χ2n) is 2.84. The predicted octanol–water partition coefficient (Wildman–Crippen LogP) is 1.91. The van der Waals surface area contributed by atoms with E-state index in [1.54, 1.807) is 0 Å². The molecule has 1 aromatic heterocycles. The van der Waals surface area contributed by atoms with E-state index in [0.717, 1.165) is 23.7 Å². The van der Waals surface area contributed by atoms with Crippen molar-refractivity contribution in [1.82, 2.24) is 5.16 Å². The fourth-order valence-corrected chi connectivity index (χ4v) is 1.31. The van der Waals surface area contributed by atoms with Gasteiger partial charge in [-0.3, -0.25) is 0 Å². The Morgan fingerprint density at radius 1 is 1.58 bits per heavy atom. The summed E-state index contributed by atoms with van der Waals surface area (Å²) in [5.41, 5.74) is 1.99. The molecule has 0 saturated heterocycles. The molecule has 3 heteroatoms. The van der Waals surface area contributed by atoms with Crippen molar-refractivity contribution in [3.05, 3.63) is 24.1 Å². The number of anilines is 1. The summed E-state index contributed by atoms with van der Waals surface area (Å²) in [7, 11) is 1.99. The molecule has 0 spiro atoms. The Balaban J connectivity index is 2.92. The number of hydrogen-bond acceptors (Lipinski definition) is 3. The highest BCUT2D eigenvalue weighted by Crippen LogP contribution is 2.22. The maximum absolute atomic E-state index is 5.04. The van der Waals surface area contributed by atoms with Crippen molar-refractivity contribution in [3.63, 3.8) is 0 Å². The van der Waals surface area contributed by atoms with E-state index in [4.69, 9.17) is 4.52 Å². The van der Waals surface area contributed by atoms with E-state index >= 15 is 0 Å². The molecule has 3 nitrogen and oxygen atoms in total. The quantitative estimate of drug-likeness (QED) is 0.642. The van der Waals surface area contributed by atoms with Gasteiger partial charge in [0.2, 0.25) is 0 Å². The SMILES string of the molecule is C=CCN(C)c1c(C)noc1C. The number of likely N-dealkylation sites (N-methyl/N-ethyl adjacent to an activating group) is 1. The first-order chi connectivity index (χ1) is 5.66. The van der Waals surface area contributed by atoms with E-state index in [1.807, 2.05) is 27.0 Å². The van der Waals surface area contributed by atoms with Gasteiger partial charge < -0.3 is 9.42 Å². The van der Waals surface area contributed by atoms with Crippen molar-refractivity contribution in [2.24, 2.45) is 0 Å². The fraction of sp³-hybridized carbons (Fsp3) is 0.444. The average Bonchev–Trinajstić information content (AvgIpc) is 2.32. The third-order valence-electron chi connectivity index (χ3n) is 1.78. The topological polar surface area (TPSA) is 29.3 Å². The largest absolute Gasteiger partial charge is 0.367 e. The molecule has 0 N–H and O–H groups in total. The molecular formula is C9H14N2O. The first-order valence-corrected chi connectivity index (χ1v) is 3.91. The molecule has 1 heterocycles. The molecule has 0 radical (unpaired) electrons. The van der Waals surface area contributed by atoms with Gasteiger partial charge in [0.25, 0.3) is 0 Å². The van der Waals surface area contributed by atoms with Gasteiger partial charge in [-0.05, 0) is 13.8 Å². The van der Waals surface area contributed by atoms with Gasteiger partial charge in [0.15, 0.2) is 5.76 Å². The van der Waals surface area contributed by atoms with Crippen LogP contribution in [0.4, 0.5) is 5.69 Å². The van der Waals surface area contributed by atoms with Crippen LogP contribution in [0.2, 0.25) is 0 Å². The van der Waals surface area contributed by atoms with Crippen molar-refractivity contribution >= 4 is 5.69 Å². The maximum Gasteiger partial charge on any atom is 0.157 e. The lowest BCUT2D eigenvalue weighted by Crippen LogP contribution is -2.17. The van der Waals surface area contributed by atoms with Crippen LogP contribution in [-0.4, -0.2) is 18.7 Å². The second kappa shape index (κ2) is 3.43. The van der Waals surface area contributed by atoms with Crippen LogP contribution in [-0.2, 0) is 0 Å². The fourth-order valence-electron chi connectivity index (χ4n) is 1.31. The lowest BCUT2D eigenvalue weighted by atomic mass is 10.3. The van der Waals surface area contributed by atoms with Crippen molar-refractivity contribution in [2.45, 2.75) is 13.8 Å². The minimum Gasteiger partial charge on any atom is -0.367 e. The highest BCUT2D eigenvalue weighted by Gasteiger charge is 2.11. The standard InChI is InChI=1S/C9H14N2O/c1-5-6-11(4)9-7(2)10-12-8(9)3/h5H,1,6H2,2-4H3. The number of nitrogens with zero attached hydrogens (tertiary/aromatic N) is 2. The minimum atomic E-state index is 0.808. The van der Waals surface area contributed by atoms with Crippen LogP contribution in [0.15, 0.2) is 17.2 Å². The maximum atomic E-state index is 5.04. The Morgan fingerprint density at radius 2 is 2.25 bits per heavy atom. The summed E-state index contributed by atoms with van der Waals surface area (Å²) in [6.45, 7) is 8.33. The van der Waals surface area contributed by atoms with Crippen molar-refractivity contribution in [2.75, 3.05) is 18.5 Å². The van der Waals surface area contributed by atoms with Gasteiger partial charge in [0.1, 0.15) is 11.4 Å². The molecule has 0 unspecified atom stereocenters.